The van der Waals surface area contributed by atoms with Gasteiger partial charge >= 0.3 is 18.2 Å². The highest BCUT2D eigenvalue weighted by molar-refractivity contribution is 7.18. The number of nitrogens with one attached hydrogen (secondary N) is 2. The first-order chi connectivity index (χ1) is 17.1. The lowest BCUT2D eigenvalue weighted by molar-refractivity contribution is -0.137. The topological polar surface area (TPSA) is 92.3 Å². The van der Waals surface area contributed by atoms with Gasteiger partial charge in [0.25, 0.3) is 0 Å². The molecule has 0 atom stereocenters. The lowest BCUT2D eigenvalue weighted by Crippen LogP contribution is -2.20. The fourth-order valence-electron chi connectivity index (χ4n) is 2.91. The summed E-state index contributed by atoms with van der Waals surface area (Å²) in [4.78, 5) is 27.6. The smallest absolute Gasteiger partial charge is 0.416 e. The molecule has 2 N–H and O–H groups in total. The summed E-state index contributed by atoms with van der Waals surface area (Å²) >= 11 is 7.46. The Morgan fingerprint density at radius 2 is 1.69 bits per heavy atom. The van der Waals surface area contributed by atoms with Gasteiger partial charge in [0, 0.05) is 20.3 Å². The van der Waals surface area contributed by atoms with E-state index in [1.165, 1.54) is 12.4 Å². The van der Waals surface area contributed by atoms with Crippen LogP contribution in [0, 0.1) is 0 Å². The Morgan fingerprint density at radius 3 is 2.31 bits per heavy atom. The highest BCUT2D eigenvalue weighted by Gasteiger charge is 2.31. The average Bonchev–Trinajstić information content (AvgIpc) is 3.32. The van der Waals surface area contributed by atoms with E-state index in [1.807, 2.05) is 37.3 Å². The zero-order valence-corrected chi connectivity index (χ0v) is 20.4. The van der Waals surface area contributed by atoms with Gasteiger partial charge in [-0.2, -0.15) is 13.2 Å². The van der Waals surface area contributed by atoms with E-state index in [0.717, 1.165) is 33.8 Å². The molecule has 2 amide bonds. The molecule has 0 aliphatic heterocycles. The molecule has 0 spiro atoms. The zero-order chi connectivity index (χ0) is 25.9. The molecule has 2 aromatic carbocycles. The Labute approximate surface area is 212 Å². The summed E-state index contributed by atoms with van der Waals surface area (Å²) in [5, 5.41) is 5.56. The summed E-state index contributed by atoms with van der Waals surface area (Å²) in [5.41, 5.74) is 0.0514. The third kappa shape index (κ3) is 6.20. The summed E-state index contributed by atoms with van der Waals surface area (Å²) in [6.45, 7) is 0. The van der Waals surface area contributed by atoms with E-state index in [0.29, 0.717) is 5.75 Å². The van der Waals surface area contributed by atoms with Crippen LogP contribution < -0.4 is 20.3 Å². The van der Waals surface area contributed by atoms with Crippen molar-refractivity contribution in [3.63, 3.8) is 0 Å². The van der Waals surface area contributed by atoms with Gasteiger partial charge in [-0.1, -0.05) is 22.9 Å². The lowest BCUT2D eigenvalue weighted by Gasteiger charge is -2.12. The van der Waals surface area contributed by atoms with Gasteiger partial charge in [-0.25, -0.2) is 19.7 Å². The van der Waals surface area contributed by atoms with E-state index in [9.17, 15) is 18.0 Å². The SMILES string of the molecule is CN(C)c1ncc(-c2ccc(Oc3ncc(NC(=O)Nc4cc(C(F)(F)F)ccc4Cl)cn3)cc2)s1. The average molecular weight is 535 g/mol. The number of nitrogens with zero attached hydrogens (tertiary/aromatic N) is 4. The van der Waals surface area contributed by atoms with E-state index in [4.69, 9.17) is 16.3 Å². The summed E-state index contributed by atoms with van der Waals surface area (Å²) in [6.07, 6.45) is -0.172. The number of carbonyl (C=O) groups is 1. The predicted octanol–water partition coefficient (Wildman–Crippen LogP) is 6.77. The minimum Gasteiger partial charge on any atom is -0.424 e. The predicted molar refractivity (Wildman–Crippen MR) is 133 cm³/mol. The molecule has 2 heterocycles. The molecule has 36 heavy (non-hydrogen) atoms. The quantitative estimate of drug-likeness (QED) is 0.283. The molecule has 0 saturated carbocycles. The molecule has 8 nitrogen and oxygen atoms in total. The van der Waals surface area contributed by atoms with Crippen molar-refractivity contribution in [3.05, 3.63) is 71.6 Å². The molecule has 0 aliphatic carbocycles. The lowest BCUT2D eigenvalue weighted by atomic mass is 10.2. The van der Waals surface area contributed by atoms with Gasteiger partial charge in [0.2, 0.25) is 0 Å². The number of carbonyl (C=O) groups excluding carboxylic acids is 1. The maximum absolute atomic E-state index is 12.9. The van der Waals surface area contributed by atoms with E-state index >= 15 is 0 Å². The van der Waals surface area contributed by atoms with E-state index < -0.39 is 17.8 Å². The maximum atomic E-state index is 12.9. The van der Waals surface area contributed by atoms with Crippen LogP contribution in [-0.4, -0.2) is 35.1 Å². The molecule has 0 bridgehead atoms. The van der Waals surface area contributed by atoms with E-state index in [-0.39, 0.29) is 22.4 Å². The van der Waals surface area contributed by atoms with Gasteiger partial charge in [0.05, 0.1) is 39.2 Å². The molecule has 4 rings (SSSR count). The normalized spacial score (nSPS) is 11.2. The number of ether oxygens (including phenoxy) is 1. The number of urea groups is 1. The van der Waals surface area contributed by atoms with Gasteiger partial charge in [0.15, 0.2) is 5.13 Å². The molecule has 186 valence electrons. The van der Waals surface area contributed by atoms with Crippen molar-refractivity contribution in [2.45, 2.75) is 6.18 Å². The van der Waals surface area contributed by atoms with Crippen LogP contribution in [0.1, 0.15) is 5.56 Å². The van der Waals surface area contributed by atoms with Gasteiger partial charge < -0.3 is 20.3 Å². The van der Waals surface area contributed by atoms with Crippen LogP contribution in [0.25, 0.3) is 10.4 Å². The van der Waals surface area contributed by atoms with Crippen LogP contribution >= 0.6 is 22.9 Å². The highest BCUT2D eigenvalue weighted by Crippen LogP contribution is 2.34. The van der Waals surface area contributed by atoms with Crippen molar-refractivity contribution in [3.8, 4) is 22.2 Å². The third-order valence-corrected chi connectivity index (χ3v) is 6.20. The Morgan fingerprint density at radius 1 is 1.00 bits per heavy atom. The Kier molecular flexibility index (Phi) is 7.27. The number of rotatable bonds is 6. The Balaban J connectivity index is 1.35. The second-order valence-corrected chi connectivity index (χ2v) is 8.97. The number of benzene rings is 2. The minimum absolute atomic E-state index is 0.0438. The molecular weight excluding hydrogens is 517 g/mol. The van der Waals surface area contributed by atoms with Crippen molar-refractivity contribution in [1.29, 1.82) is 0 Å². The zero-order valence-electron chi connectivity index (χ0n) is 18.8. The number of amides is 2. The van der Waals surface area contributed by atoms with Gasteiger partial charge in [-0.05, 0) is 48.0 Å². The number of thiazole rings is 1. The second-order valence-electron chi connectivity index (χ2n) is 7.55. The second kappa shape index (κ2) is 10.4. The first-order valence-electron chi connectivity index (χ1n) is 10.3. The maximum Gasteiger partial charge on any atom is 0.416 e. The van der Waals surface area contributed by atoms with E-state index in [2.05, 4.69) is 25.6 Å². The standard InChI is InChI=1S/C23H18ClF3N6O2S/c1-33(2)22-30-12-19(36-22)13-3-6-16(7-4-13)35-21-28-10-15(11-29-21)31-20(34)32-18-9-14(23(25,26)27)5-8-17(18)24/h3-12H,1-2H3,(H2,31,32,34). The molecule has 0 saturated heterocycles. The Bertz CT molecular complexity index is 1360. The molecule has 2 aromatic heterocycles. The number of hydrogen-bond acceptors (Lipinski definition) is 7. The van der Waals surface area contributed by atoms with E-state index in [1.54, 1.807) is 23.5 Å². The van der Waals surface area contributed by atoms with Crippen molar-refractivity contribution >= 4 is 45.5 Å². The first kappa shape index (κ1) is 25.2. The molecule has 0 unspecified atom stereocenters. The Hall–Kier alpha value is -3.90. The van der Waals surface area contributed by atoms with Crippen LogP contribution in [-0.2, 0) is 6.18 Å². The number of hydrogen-bond donors (Lipinski definition) is 2. The highest BCUT2D eigenvalue weighted by atomic mass is 35.5. The number of halogens is 4. The van der Waals surface area contributed by atoms with Gasteiger partial charge in [-0.15, -0.1) is 0 Å². The summed E-state index contributed by atoms with van der Waals surface area (Å²) in [7, 11) is 3.86. The molecule has 0 radical (unpaired) electrons. The van der Waals surface area contributed by atoms with Crippen molar-refractivity contribution in [2.75, 3.05) is 29.6 Å². The van der Waals surface area contributed by atoms with Crippen molar-refractivity contribution in [2.24, 2.45) is 0 Å². The number of anilines is 3. The molecule has 0 aliphatic rings. The largest absolute Gasteiger partial charge is 0.424 e. The minimum atomic E-state index is -4.57. The molecule has 0 fully saturated rings. The van der Waals surface area contributed by atoms with Crippen LogP contribution in [0.3, 0.4) is 0 Å². The fourth-order valence-corrected chi connectivity index (χ4v) is 3.92. The van der Waals surface area contributed by atoms with Crippen molar-refractivity contribution < 1.29 is 22.7 Å². The summed E-state index contributed by atoms with van der Waals surface area (Å²) in [5.74, 6) is 0.508. The van der Waals surface area contributed by atoms with Crippen LogP contribution in [0.5, 0.6) is 11.8 Å². The number of aromatic nitrogens is 3. The third-order valence-electron chi connectivity index (χ3n) is 4.65. The van der Waals surface area contributed by atoms with Gasteiger partial charge in [-0.3, -0.25) is 0 Å². The van der Waals surface area contributed by atoms with Crippen LogP contribution in [0.2, 0.25) is 5.02 Å². The van der Waals surface area contributed by atoms with Crippen LogP contribution in [0.15, 0.2) is 61.1 Å². The van der Waals surface area contributed by atoms with Crippen molar-refractivity contribution in [1.82, 2.24) is 15.0 Å². The molecule has 4 aromatic rings. The van der Waals surface area contributed by atoms with Crippen LogP contribution in [0.4, 0.5) is 34.5 Å². The first-order valence-corrected chi connectivity index (χ1v) is 11.5. The molecule has 13 heteroatoms. The number of alkyl halides is 3. The monoisotopic (exact) mass is 534 g/mol. The molecular formula is C23H18ClF3N6O2S. The fraction of sp³-hybridized carbons (Fsp3) is 0.130. The summed E-state index contributed by atoms with van der Waals surface area (Å²) < 4.78 is 44.3. The van der Waals surface area contributed by atoms with Gasteiger partial charge in [0.1, 0.15) is 5.75 Å². The summed E-state index contributed by atoms with van der Waals surface area (Å²) in [6, 6.07) is 9.18.